The van der Waals surface area contributed by atoms with E-state index in [-0.39, 0.29) is 6.42 Å². The average molecular weight is 393 g/mol. The molecule has 0 spiro atoms. The minimum Gasteiger partial charge on any atom is -0.325 e. The van der Waals surface area contributed by atoms with E-state index < -0.39 is 16.4 Å². The third kappa shape index (κ3) is 21.4. The Morgan fingerprint density at radius 2 is 0.962 bits per heavy atom. The van der Waals surface area contributed by atoms with Crippen molar-refractivity contribution in [3.63, 3.8) is 0 Å². The van der Waals surface area contributed by atoms with Crippen molar-refractivity contribution in [1.82, 2.24) is 0 Å². The van der Waals surface area contributed by atoms with Gasteiger partial charge in [0.25, 0.3) is 0 Å². The first-order valence-electron chi connectivity index (χ1n) is 10.7. The lowest BCUT2D eigenvalue weighted by Crippen LogP contribution is -2.11. The van der Waals surface area contributed by atoms with Gasteiger partial charge >= 0.3 is 16.4 Å². The quantitative estimate of drug-likeness (QED) is 0.204. The summed E-state index contributed by atoms with van der Waals surface area (Å²) in [5, 5.41) is 0. The molecule has 0 unspecified atom stereocenters. The molecule has 0 saturated heterocycles. The summed E-state index contributed by atoms with van der Waals surface area (Å²) in [6.07, 6.45) is 21.4. The monoisotopic (exact) mass is 392 g/mol. The molecule has 0 aliphatic heterocycles. The molecule has 0 radical (unpaired) electrons. The summed E-state index contributed by atoms with van der Waals surface area (Å²) < 4.78 is 32.9. The van der Waals surface area contributed by atoms with Crippen LogP contribution in [0.15, 0.2) is 0 Å². The number of carbonyl (C=O) groups is 1. The van der Waals surface area contributed by atoms with Crippen molar-refractivity contribution < 1.29 is 21.9 Å². The smallest absolute Gasteiger partial charge is 0.325 e. The first kappa shape index (κ1) is 25.4. The highest BCUT2D eigenvalue weighted by molar-refractivity contribution is 7.81. The maximum Gasteiger partial charge on any atom is 0.448 e. The van der Waals surface area contributed by atoms with Crippen LogP contribution in [0.4, 0.5) is 0 Å². The number of carbonyl (C=O) groups excluding carboxylic acids is 1. The van der Waals surface area contributed by atoms with Crippen molar-refractivity contribution in [3.05, 3.63) is 0 Å². The maximum absolute atomic E-state index is 11.1. The van der Waals surface area contributed by atoms with Crippen LogP contribution in [0.1, 0.15) is 122 Å². The molecule has 0 bridgehead atoms. The highest BCUT2D eigenvalue weighted by Crippen LogP contribution is 2.14. The zero-order valence-electron chi connectivity index (χ0n) is 16.7. The first-order valence-corrected chi connectivity index (χ1v) is 12.0. The number of unbranched alkanes of at least 4 members (excludes halogenated alkanes) is 16. The fourth-order valence-electron chi connectivity index (χ4n) is 3.15. The van der Waals surface area contributed by atoms with Gasteiger partial charge in [0.1, 0.15) is 0 Å². The van der Waals surface area contributed by atoms with Crippen molar-refractivity contribution in [1.29, 1.82) is 0 Å². The number of rotatable bonds is 19. The predicted octanol–water partition coefficient (Wildman–Crippen LogP) is 6.37. The number of hydrogen-bond acceptors (Lipinski definition) is 4. The highest BCUT2D eigenvalue weighted by atomic mass is 32.3. The molecule has 0 aromatic heterocycles. The molecular formula is C20H40O5S. The Morgan fingerprint density at radius 3 is 1.27 bits per heavy atom. The lowest BCUT2D eigenvalue weighted by Gasteiger charge is -2.04. The molecule has 5 nitrogen and oxygen atoms in total. The topological polar surface area (TPSA) is 80.7 Å². The van der Waals surface area contributed by atoms with Gasteiger partial charge < -0.3 is 4.18 Å². The molecule has 0 amide bonds. The lowest BCUT2D eigenvalue weighted by atomic mass is 10.0. The fraction of sp³-hybridized carbons (Fsp3) is 0.950. The van der Waals surface area contributed by atoms with E-state index in [1.807, 2.05) is 0 Å². The van der Waals surface area contributed by atoms with Gasteiger partial charge in [-0.3, -0.25) is 9.35 Å². The summed E-state index contributed by atoms with van der Waals surface area (Å²) in [5.41, 5.74) is 0. The van der Waals surface area contributed by atoms with Crippen LogP contribution < -0.4 is 0 Å². The predicted molar refractivity (Wildman–Crippen MR) is 106 cm³/mol. The molecule has 0 atom stereocenters. The van der Waals surface area contributed by atoms with Gasteiger partial charge in [-0.1, -0.05) is 110 Å². The largest absolute Gasteiger partial charge is 0.448 e. The molecule has 0 fully saturated rings. The van der Waals surface area contributed by atoms with Crippen LogP contribution in [-0.4, -0.2) is 18.9 Å². The van der Waals surface area contributed by atoms with Crippen molar-refractivity contribution in [2.24, 2.45) is 0 Å². The van der Waals surface area contributed by atoms with Crippen LogP contribution in [0.2, 0.25) is 0 Å². The van der Waals surface area contributed by atoms with E-state index in [9.17, 15) is 13.2 Å². The fourth-order valence-corrected chi connectivity index (χ4v) is 3.47. The normalized spacial score (nSPS) is 11.6. The Kier molecular flexibility index (Phi) is 17.4. The molecule has 1 N–H and O–H groups in total. The van der Waals surface area contributed by atoms with Gasteiger partial charge in [0, 0.05) is 6.42 Å². The molecule has 6 heteroatoms. The van der Waals surface area contributed by atoms with Gasteiger partial charge in [-0.15, -0.1) is 0 Å². The minimum atomic E-state index is -4.65. The molecule has 156 valence electrons. The zero-order valence-corrected chi connectivity index (χ0v) is 17.5. The Balaban J connectivity index is 3.15. The van der Waals surface area contributed by atoms with E-state index in [4.69, 9.17) is 4.55 Å². The highest BCUT2D eigenvalue weighted by Gasteiger charge is 2.12. The van der Waals surface area contributed by atoms with Gasteiger partial charge in [0.2, 0.25) is 0 Å². The Hall–Kier alpha value is -0.620. The van der Waals surface area contributed by atoms with E-state index in [0.717, 1.165) is 19.3 Å². The Morgan fingerprint density at radius 1 is 0.654 bits per heavy atom. The Labute approximate surface area is 161 Å². The van der Waals surface area contributed by atoms with Crippen LogP contribution in [0.3, 0.4) is 0 Å². The maximum atomic E-state index is 11.1. The molecule has 26 heavy (non-hydrogen) atoms. The molecule has 0 aliphatic carbocycles. The van der Waals surface area contributed by atoms with Crippen molar-refractivity contribution >= 4 is 16.4 Å². The molecule has 0 rings (SSSR count). The molecular weight excluding hydrogens is 352 g/mol. The van der Waals surface area contributed by atoms with Crippen LogP contribution in [0, 0.1) is 0 Å². The minimum absolute atomic E-state index is 0.0401. The molecule has 0 aromatic rings. The van der Waals surface area contributed by atoms with Gasteiger partial charge in [-0.25, -0.2) is 0 Å². The van der Waals surface area contributed by atoms with Gasteiger partial charge in [0.05, 0.1) is 0 Å². The van der Waals surface area contributed by atoms with E-state index >= 15 is 0 Å². The SMILES string of the molecule is CCCCCCCCCCCCCCCCCCCC(=O)OS(=O)(=O)O. The van der Waals surface area contributed by atoms with E-state index in [1.54, 1.807) is 0 Å². The molecule has 0 heterocycles. The van der Waals surface area contributed by atoms with Crippen molar-refractivity contribution in [3.8, 4) is 0 Å². The van der Waals surface area contributed by atoms with Gasteiger partial charge in [0.15, 0.2) is 0 Å². The van der Waals surface area contributed by atoms with E-state index in [1.165, 1.54) is 83.5 Å². The van der Waals surface area contributed by atoms with E-state index in [2.05, 4.69) is 11.1 Å². The summed E-state index contributed by atoms with van der Waals surface area (Å²) >= 11 is 0. The molecule has 0 saturated carbocycles. The van der Waals surface area contributed by atoms with Crippen LogP contribution in [0.25, 0.3) is 0 Å². The third-order valence-electron chi connectivity index (χ3n) is 4.68. The zero-order chi connectivity index (χ0) is 19.5. The number of hydrogen-bond donors (Lipinski definition) is 1. The third-order valence-corrected chi connectivity index (χ3v) is 5.08. The first-order chi connectivity index (χ1) is 12.5. The molecule has 0 aliphatic rings. The van der Waals surface area contributed by atoms with Crippen LogP contribution >= 0.6 is 0 Å². The van der Waals surface area contributed by atoms with Crippen molar-refractivity contribution in [2.75, 3.05) is 0 Å². The van der Waals surface area contributed by atoms with Gasteiger partial charge in [-0.05, 0) is 6.42 Å². The second-order valence-electron chi connectivity index (χ2n) is 7.29. The second kappa shape index (κ2) is 17.8. The summed E-state index contributed by atoms with van der Waals surface area (Å²) in [5.74, 6) is -0.881. The van der Waals surface area contributed by atoms with E-state index in [0.29, 0.717) is 6.42 Å². The second-order valence-corrected chi connectivity index (χ2v) is 8.31. The Bertz CT molecular complexity index is 420. The summed E-state index contributed by atoms with van der Waals surface area (Å²) in [6, 6.07) is 0. The standard InChI is InChI=1S/C20H40O5S/c1-2-3-4-5-6-7-8-9-10-11-12-13-14-15-16-17-18-19-20(21)25-26(22,23)24/h2-19H2,1H3,(H,22,23,24). The summed E-state index contributed by atoms with van der Waals surface area (Å²) in [7, 11) is -4.65. The van der Waals surface area contributed by atoms with Gasteiger partial charge in [-0.2, -0.15) is 8.42 Å². The summed E-state index contributed by atoms with van der Waals surface area (Å²) in [6.45, 7) is 2.26. The van der Waals surface area contributed by atoms with Crippen LogP contribution in [0.5, 0.6) is 0 Å². The van der Waals surface area contributed by atoms with Crippen LogP contribution in [-0.2, 0) is 19.4 Å². The average Bonchev–Trinajstić information content (AvgIpc) is 2.56. The lowest BCUT2D eigenvalue weighted by molar-refractivity contribution is -0.134. The molecule has 0 aromatic carbocycles. The van der Waals surface area contributed by atoms with Crippen molar-refractivity contribution in [2.45, 2.75) is 122 Å². The summed E-state index contributed by atoms with van der Waals surface area (Å²) in [4.78, 5) is 11.1.